The third-order valence-corrected chi connectivity index (χ3v) is 3.81. The molecule has 1 rings (SSSR count). The molecule has 0 unspecified atom stereocenters. The van der Waals surface area contributed by atoms with Crippen LogP contribution < -0.4 is 5.32 Å². The third kappa shape index (κ3) is 5.71. The molecule has 1 aromatic heterocycles. The lowest BCUT2D eigenvalue weighted by Gasteiger charge is -2.03. The minimum absolute atomic E-state index is 0.0578. The number of carbonyl (C=O) groups is 2. The van der Waals surface area contributed by atoms with Crippen LogP contribution >= 0.6 is 34.5 Å². The van der Waals surface area contributed by atoms with Gasteiger partial charge in [-0.3, -0.25) is 9.59 Å². The van der Waals surface area contributed by atoms with Crippen molar-refractivity contribution in [2.45, 2.75) is 25.7 Å². The Bertz CT molecular complexity index is 434. The monoisotopic (exact) mass is 309 g/mol. The molecule has 0 aliphatic carbocycles. The maximum atomic E-state index is 11.3. The van der Waals surface area contributed by atoms with Crippen LogP contribution in [0.1, 0.15) is 24.8 Å². The second kappa shape index (κ2) is 7.61. The first-order chi connectivity index (χ1) is 8.49. The highest BCUT2D eigenvalue weighted by molar-refractivity contribution is 7.20. The average molecular weight is 310 g/mol. The maximum Gasteiger partial charge on any atom is 0.305 e. The second-order valence-electron chi connectivity index (χ2n) is 3.70. The van der Waals surface area contributed by atoms with Crippen LogP contribution in [0.5, 0.6) is 0 Å². The van der Waals surface area contributed by atoms with E-state index in [-0.39, 0.29) is 18.9 Å². The summed E-state index contributed by atoms with van der Waals surface area (Å²) in [5.41, 5.74) is 0.949. The molecule has 1 amide bonds. The van der Waals surface area contributed by atoms with E-state index in [4.69, 9.17) is 28.3 Å². The molecule has 100 valence electrons. The predicted octanol–water partition coefficient (Wildman–Crippen LogP) is 2.97. The van der Waals surface area contributed by atoms with Crippen molar-refractivity contribution in [3.05, 3.63) is 20.3 Å². The Kier molecular flexibility index (Phi) is 6.46. The summed E-state index contributed by atoms with van der Waals surface area (Å²) in [4.78, 5) is 21.6. The van der Waals surface area contributed by atoms with Crippen LogP contribution in [0.2, 0.25) is 8.67 Å². The smallest absolute Gasteiger partial charge is 0.305 e. The number of rotatable bonds is 7. The average Bonchev–Trinajstić information content (AvgIpc) is 2.57. The number of carboxylic acid groups (broad SMARTS) is 1. The van der Waals surface area contributed by atoms with Crippen molar-refractivity contribution in [2.75, 3.05) is 6.54 Å². The molecule has 0 saturated carbocycles. The van der Waals surface area contributed by atoms with Crippen LogP contribution in [0.3, 0.4) is 0 Å². The van der Waals surface area contributed by atoms with E-state index >= 15 is 0 Å². The molecule has 7 heteroatoms. The van der Waals surface area contributed by atoms with Crippen molar-refractivity contribution in [1.29, 1.82) is 0 Å². The van der Waals surface area contributed by atoms with Gasteiger partial charge in [0.25, 0.3) is 0 Å². The second-order valence-corrected chi connectivity index (χ2v) is 5.98. The predicted molar refractivity (Wildman–Crippen MR) is 72.5 cm³/mol. The fourth-order valence-corrected chi connectivity index (χ4v) is 2.93. The number of hydrogen-bond acceptors (Lipinski definition) is 3. The number of carboxylic acids is 1. The Hall–Kier alpha value is -0.780. The van der Waals surface area contributed by atoms with E-state index in [1.54, 1.807) is 6.07 Å². The molecule has 0 bridgehead atoms. The fraction of sp³-hybridized carbons (Fsp3) is 0.455. The zero-order chi connectivity index (χ0) is 13.5. The molecule has 4 nitrogen and oxygen atoms in total. The van der Waals surface area contributed by atoms with Gasteiger partial charge in [0.2, 0.25) is 5.91 Å². The van der Waals surface area contributed by atoms with Crippen molar-refractivity contribution in [3.8, 4) is 0 Å². The molecule has 1 heterocycles. The topological polar surface area (TPSA) is 66.4 Å². The van der Waals surface area contributed by atoms with E-state index < -0.39 is 5.97 Å². The summed E-state index contributed by atoms with van der Waals surface area (Å²) < 4.78 is 1.30. The molecule has 0 atom stereocenters. The van der Waals surface area contributed by atoms with E-state index in [2.05, 4.69) is 5.32 Å². The van der Waals surface area contributed by atoms with Gasteiger partial charge < -0.3 is 10.4 Å². The highest BCUT2D eigenvalue weighted by Crippen LogP contribution is 2.31. The normalized spacial score (nSPS) is 10.3. The SMILES string of the molecule is O=C(O)CCNC(=O)CCCc1cc(Cl)sc1Cl. The van der Waals surface area contributed by atoms with Gasteiger partial charge in [0.15, 0.2) is 0 Å². The van der Waals surface area contributed by atoms with Gasteiger partial charge in [-0.15, -0.1) is 11.3 Å². The Labute approximate surface area is 119 Å². The van der Waals surface area contributed by atoms with Crippen LogP contribution in [0.25, 0.3) is 0 Å². The zero-order valence-electron chi connectivity index (χ0n) is 9.54. The highest BCUT2D eigenvalue weighted by atomic mass is 35.5. The van der Waals surface area contributed by atoms with Crippen molar-refractivity contribution >= 4 is 46.4 Å². The lowest BCUT2D eigenvalue weighted by atomic mass is 10.1. The van der Waals surface area contributed by atoms with Crippen molar-refractivity contribution in [1.82, 2.24) is 5.32 Å². The molecule has 0 saturated heterocycles. The van der Waals surface area contributed by atoms with E-state index in [0.29, 0.717) is 27.9 Å². The van der Waals surface area contributed by atoms with Gasteiger partial charge in [-0.1, -0.05) is 23.2 Å². The van der Waals surface area contributed by atoms with Crippen molar-refractivity contribution in [2.24, 2.45) is 0 Å². The first-order valence-corrected chi connectivity index (χ1v) is 6.98. The van der Waals surface area contributed by atoms with E-state index in [9.17, 15) is 9.59 Å². The number of hydrogen-bond donors (Lipinski definition) is 2. The Morgan fingerprint density at radius 2 is 2.06 bits per heavy atom. The number of halogens is 2. The van der Waals surface area contributed by atoms with Gasteiger partial charge in [0.05, 0.1) is 15.1 Å². The van der Waals surface area contributed by atoms with Gasteiger partial charge in [0.1, 0.15) is 0 Å². The first-order valence-electron chi connectivity index (χ1n) is 5.41. The van der Waals surface area contributed by atoms with Crippen LogP contribution in [-0.4, -0.2) is 23.5 Å². The number of nitrogens with one attached hydrogen (secondary N) is 1. The summed E-state index contributed by atoms with van der Waals surface area (Å²) in [6, 6.07) is 1.80. The maximum absolute atomic E-state index is 11.3. The third-order valence-electron chi connectivity index (χ3n) is 2.24. The molecule has 0 spiro atoms. The van der Waals surface area contributed by atoms with Crippen LogP contribution in [0, 0.1) is 0 Å². The number of thiophene rings is 1. The first kappa shape index (κ1) is 15.3. The van der Waals surface area contributed by atoms with Crippen LogP contribution in [0.15, 0.2) is 6.07 Å². The van der Waals surface area contributed by atoms with E-state index in [1.165, 1.54) is 11.3 Å². The van der Waals surface area contributed by atoms with Gasteiger partial charge in [-0.2, -0.15) is 0 Å². The van der Waals surface area contributed by atoms with Gasteiger partial charge in [-0.25, -0.2) is 0 Å². The quantitative estimate of drug-likeness (QED) is 0.813. The molecule has 0 aliphatic heterocycles. The lowest BCUT2D eigenvalue weighted by Crippen LogP contribution is -2.25. The summed E-state index contributed by atoms with van der Waals surface area (Å²) in [6.45, 7) is 0.166. The summed E-state index contributed by atoms with van der Waals surface area (Å²) in [5.74, 6) is -1.07. The molecule has 0 fully saturated rings. The van der Waals surface area contributed by atoms with E-state index in [1.807, 2.05) is 0 Å². The highest BCUT2D eigenvalue weighted by Gasteiger charge is 2.07. The zero-order valence-corrected chi connectivity index (χ0v) is 11.9. The molecule has 0 aromatic carbocycles. The summed E-state index contributed by atoms with van der Waals surface area (Å²) >= 11 is 13.1. The molecule has 0 radical (unpaired) electrons. The number of aliphatic carboxylic acids is 1. The van der Waals surface area contributed by atoms with Gasteiger partial charge >= 0.3 is 5.97 Å². The molecular formula is C11H13Cl2NO3S. The summed E-state index contributed by atoms with van der Waals surface area (Å²) in [5, 5.41) is 11.0. The summed E-state index contributed by atoms with van der Waals surface area (Å²) in [7, 11) is 0. The molecule has 0 aliphatic rings. The number of carbonyl (C=O) groups excluding carboxylic acids is 1. The minimum atomic E-state index is -0.921. The van der Waals surface area contributed by atoms with Crippen molar-refractivity contribution < 1.29 is 14.7 Å². The molecule has 2 N–H and O–H groups in total. The van der Waals surface area contributed by atoms with Crippen molar-refractivity contribution in [3.63, 3.8) is 0 Å². The van der Waals surface area contributed by atoms with Crippen LogP contribution in [0.4, 0.5) is 0 Å². The lowest BCUT2D eigenvalue weighted by molar-refractivity contribution is -0.136. The minimum Gasteiger partial charge on any atom is -0.481 e. The molecule has 18 heavy (non-hydrogen) atoms. The fourth-order valence-electron chi connectivity index (χ4n) is 1.38. The molecule has 1 aromatic rings. The van der Waals surface area contributed by atoms with E-state index in [0.717, 1.165) is 5.56 Å². The number of amides is 1. The number of aryl methyl sites for hydroxylation is 1. The van der Waals surface area contributed by atoms with Gasteiger partial charge in [0, 0.05) is 13.0 Å². The largest absolute Gasteiger partial charge is 0.481 e. The summed E-state index contributed by atoms with van der Waals surface area (Å²) in [6.07, 6.45) is 1.64. The molecular weight excluding hydrogens is 297 g/mol. The Balaban J connectivity index is 2.19. The van der Waals surface area contributed by atoms with Gasteiger partial charge in [-0.05, 0) is 24.5 Å². The Morgan fingerprint density at radius 1 is 1.33 bits per heavy atom. The van der Waals surface area contributed by atoms with Crippen LogP contribution in [-0.2, 0) is 16.0 Å². The standard InChI is InChI=1S/C11H13Cl2NO3S/c12-8-6-7(11(13)18-8)2-1-3-9(15)14-5-4-10(16)17/h6H,1-5H2,(H,14,15)(H,16,17). The Morgan fingerprint density at radius 3 is 2.61 bits per heavy atom.